The van der Waals surface area contributed by atoms with Crippen LogP contribution in [-0.2, 0) is 0 Å². The van der Waals surface area contributed by atoms with Crippen LogP contribution in [-0.4, -0.2) is 46.9 Å². The van der Waals surface area contributed by atoms with E-state index in [1.165, 1.54) is 18.2 Å². The molecule has 1 fully saturated rings. The molecule has 0 N–H and O–H groups in total. The van der Waals surface area contributed by atoms with E-state index >= 15 is 0 Å². The van der Waals surface area contributed by atoms with Gasteiger partial charge in [0.05, 0.1) is 15.5 Å². The highest BCUT2D eigenvalue weighted by Crippen LogP contribution is 2.26. The summed E-state index contributed by atoms with van der Waals surface area (Å²) >= 11 is 12.1. The van der Waals surface area contributed by atoms with Gasteiger partial charge < -0.3 is 14.2 Å². The average Bonchev–Trinajstić information content (AvgIpc) is 3.26. The summed E-state index contributed by atoms with van der Waals surface area (Å²) < 4.78 is 5.79. The van der Waals surface area contributed by atoms with E-state index in [-0.39, 0.29) is 23.2 Å². The Morgan fingerprint density at radius 2 is 1.91 bits per heavy atom. The molecule has 1 amide bonds. The summed E-state index contributed by atoms with van der Waals surface area (Å²) in [6, 6.07) is 12.9. The van der Waals surface area contributed by atoms with Crippen molar-refractivity contribution >= 4 is 52.8 Å². The van der Waals surface area contributed by atoms with Crippen molar-refractivity contribution in [3.63, 3.8) is 0 Å². The Labute approximate surface area is 204 Å². The molecule has 0 saturated carbocycles. The lowest BCUT2D eigenvalue weighted by atomic mass is 10.1. The van der Waals surface area contributed by atoms with E-state index in [1.807, 2.05) is 11.0 Å². The molecular weight excluding hydrogens is 481 g/mol. The summed E-state index contributed by atoms with van der Waals surface area (Å²) in [5.74, 6) is 0.322. The van der Waals surface area contributed by atoms with Crippen molar-refractivity contribution in [2.75, 3.05) is 31.1 Å². The van der Waals surface area contributed by atoms with Gasteiger partial charge in [-0.3, -0.25) is 14.9 Å². The van der Waals surface area contributed by atoms with Crippen LogP contribution in [0.1, 0.15) is 27.5 Å². The fourth-order valence-corrected chi connectivity index (χ4v) is 4.03. The van der Waals surface area contributed by atoms with Gasteiger partial charge in [0, 0.05) is 49.4 Å². The van der Waals surface area contributed by atoms with E-state index in [0.29, 0.717) is 53.2 Å². The topological polar surface area (TPSA) is 117 Å². The zero-order valence-corrected chi connectivity index (χ0v) is 19.2. The van der Waals surface area contributed by atoms with Gasteiger partial charge in [0.25, 0.3) is 11.6 Å². The minimum atomic E-state index is -0.473. The van der Waals surface area contributed by atoms with Crippen LogP contribution in [0.2, 0.25) is 10.0 Å². The number of nitriles is 1. The largest absolute Gasteiger partial charge is 0.420 e. The number of non-ortho nitro benzene ring substituents is 1. The van der Waals surface area contributed by atoms with E-state index in [4.69, 9.17) is 27.6 Å². The molecule has 1 aliphatic heterocycles. The van der Waals surface area contributed by atoms with Crippen molar-refractivity contribution in [3.8, 4) is 6.07 Å². The number of nitro groups is 1. The van der Waals surface area contributed by atoms with Gasteiger partial charge in [-0.25, -0.2) is 0 Å². The molecule has 4 rings (SSSR count). The molecule has 0 radical (unpaired) electrons. The number of nitrogens with zero attached hydrogens (tertiary/aromatic N) is 5. The Kier molecular flexibility index (Phi) is 6.82. The lowest BCUT2D eigenvalue weighted by molar-refractivity contribution is -0.384. The number of hydrogen-bond donors (Lipinski definition) is 0. The molecule has 0 spiro atoms. The predicted molar refractivity (Wildman–Crippen MR) is 128 cm³/mol. The molecule has 11 heteroatoms. The Bertz CT molecular complexity index is 1320. The van der Waals surface area contributed by atoms with Crippen molar-refractivity contribution in [3.05, 3.63) is 85.3 Å². The first kappa shape index (κ1) is 23.3. The molecule has 34 heavy (non-hydrogen) atoms. The molecule has 9 nitrogen and oxygen atoms in total. The Morgan fingerprint density at radius 3 is 2.59 bits per heavy atom. The number of carbonyl (C=O) groups is 1. The molecule has 0 aliphatic carbocycles. The lowest BCUT2D eigenvalue weighted by Gasteiger charge is -2.34. The van der Waals surface area contributed by atoms with Crippen LogP contribution in [0.25, 0.3) is 12.2 Å². The van der Waals surface area contributed by atoms with Gasteiger partial charge in [0.1, 0.15) is 6.07 Å². The molecule has 1 aromatic heterocycles. The summed E-state index contributed by atoms with van der Waals surface area (Å²) in [5.41, 5.74) is 1.07. The van der Waals surface area contributed by atoms with E-state index in [0.717, 1.165) is 0 Å². The monoisotopic (exact) mass is 497 g/mol. The minimum absolute atomic E-state index is 0.0275. The molecule has 2 heterocycles. The molecule has 172 valence electrons. The van der Waals surface area contributed by atoms with Crippen molar-refractivity contribution in [2.24, 2.45) is 0 Å². The van der Waals surface area contributed by atoms with Crippen LogP contribution in [0.15, 0.2) is 46.9 Å². The van der Waals surface area contributed by atoms with Gasteiger partial charge in [-0.15, -0.1) is 0 Å². The van der Waals surface area contributed by atoms with Gasteiger partial charge in [0.2, 0.25) is 17.5 Å². The van der Waals surface area contributed by atoms with Gasteiger partial charge in [0.15, 0.2) is 0 Å². The summed E-state index contributed by atoms with van der Waals surface area (Å²) in [7, 11) is 0. The third kappa shape index (κ3) is 5.03. The Balaban J connectivity index is 1.45. The number of carbonyl (C=O) groups excluding carboxylic acids is 1. The van der Waals surface area contributed by atoms with E-state index < -0.39 is 4.92 Å². The molecule has 0 bridgehead atoms. The molecule has 1 aliphatic rings. The van der Waals surface area contributed by atoms with Crippen LogP contribution in [0.3, 0.4) is 0 Å². The van der Waals surface area contributed by atoms with E-state index in [9.17, 15) is 20.2 Å². The maximum absolute atomic E-state index is 12.8. The van der Waals surface area contributed by atoms with Crippen molar-refractivity contribution in [2.45, 2.75) is 0 Å². The smallest absolute Gasteiger partial charge is 0.270 e. The highest BCUT2D eigenvalue weighted by molar-refractivity contribution is 6.36. The standard InChI is InChI=1S/C23H17Cl2N5O4/c24-16-5-6-18(19(25)13-16)22(31)28-8-10-29(11-9-28)23-20(14-26)27-21(34-23)7-4-15-2-1-3-17(12-15)30(32)33/h1-7,12-13H,8-11H2/b7-4+. The average molecular weight is 498 g/mol. The maximum atomic E-state index is 12.8. The molecule has 0 unspecified atom stereocenters. The quantitative estimate of drug-likeness (QED) is 0.363. The normalized spacial score (nSPS) is 13.8. The second-order valence-corrected chi connectivity index (χ2v) is 8.25. The number of anilines is 1. The van der Waals surface area contributed by atoms with Crippen LogP contribution in [0.5, 0.6) is 0 Å². The van der Waals surface area contributed by atoms with Gasteiger partial charge in [-0.05, 0) is 29.8 Å². The Morgan fingerprint density at radius 1 is 1.15 bits per heavy atom. The van der Waals surface area contributed by atoms with Crippen molar-refractivity contribution in [1.82, 2.24) is 9.88 Å². The van der Waals surface area contributed by atoms with Crippen molar-refractivity contribution < 1.29 is 14.1 Å². The number of rotatable bonds is 5. The summed E-state index contributed by atoms with van der Waals surface area (Å²) in [6.07, 6.45) is 3.17. The number of piperazine rings is 1. The molecule has 0 atom stereocenters. The zero-order valence-electron chi connectivity index (χ0n) is 17.6. The van der Waals surface area contributed by atoms with Gasteiger partial charge in [-0.1, -0.05) is 35.3 Å². The highest BCUT2D eigenvalue weighted by atomic mass is 35.5. The fraction of sp³-hybridized carbons (Fsp3) is 0.174. The molecule has 3 aromatic rings. The minimum Gasteiger partial charge on any atom is -0.420 e. The number of amides is 1. The van der Waals surface area contributed by atoms with E-state index in [1.54, 1.807) is 41.3 Å². The second-order valence-electron chi connectivity index (χ2n) is 7.41. The third-order valence-corrected chi connectivity index (χ3v) is 5.79. The van der Waals surface area contributed by atoms with Crippen LogP contribution >= 0.6 is 23.2 Å². The first-order valence-corrected chi connectivity index (χ1v) is 10.9. The number of halogens is 2. The maximum Gasteiger partial charge on any atom is 0.270 e. The van der Waals surface area contributed by atoms with Gasteiger partial charge in [-0.2, -0.15) is 10.2 Å². The van der Waals surface area contributed by atoms with Crippen LogP contribution in [0, 0.1) is 21.4 Å². The zero-order chi connectivity index (χ0) is 24.2. The fourth-order valence-electron chi connectivity index (χ4n) is 3.54. The molecule has 2 aromatic carbocycles. The number of aromatic nitrogens is 1. The number of oxazole rings is 1. The Hall–Kier alpha value is -3.87. The number of hydrogen-bond acceptors (Lipinski definition) is 7. The van der Waals surface area contributed by atoms with Crippen LogP contribution < -0.4 is 4.90 Å². The number of nitro benzene ring substituents is 1. The molecular formula is C23H17Cl2N5O4. The molecule has 1 saturated heterocycles. The number of benzene rings is 2. The summed E-state index contributed by atoms with van der Waals surface area (Å²) in [5, 5.41) is 21.2. The predicted octanol–water partition coefficient (Wildman–Crippen LogP) is 4.89. The summed E-state index contributed by atoms with van der Waals surface area (Å²) in [4.78, 5) is 31.0. The first-order valence-electron chi connectivity index (χ1n) is 10.2. The first-order chi connectivity index (χ1) is 16.4. The van der Waals surface area contributed by atoms with E-state index in [2.05, 4.69) is 4.98 Å². The SMILES string of the molecule is N#Cc1nc(/C=C/c2cccc([N+](=O)[O-])c2)oc1N1CCN(C(=O)c2ccc(Cl)cc2Cl)CC1. The van der Waals surface area contributed by atoms with Crippen molar-refractivity contribution in [1.29, 1.82) is 5.26 Å². The van der Waals surface area contributed by atoms with Crippen LogP contribution in [0.4, 0.5) is 11.6 Å². The lowest BCUT2D eigenvalue weighted by Crippen LogP contribution is -2.49. The highest BCUT2D eigenvalue weighted by Gasteiger charge is 2.27. The summed E-state index contributed by atoms with van der Waals surface area (Å²) in [6.45, 7) is 1.69. The third-order valence-electron chi connectivity index (χ3n) is 5.25. The van der Waals surface area contributed by atoms with Gasteiger partial charge >= 0.3 is 0 Å². The second kappa shape index (κ2) is 9.95.